The fourth-order valence-electron chi connectivity index (χ4n) is 8.28. The summed E-state index contributed by atoms with van der Waals surface area (Å²) in [6.45, 7) is 0. The topological polar surface area (TPSA) is 32.0 Å². The third-order valence-electron chi connectivity index (χ3n) is 11.1. The zero-order valence-corrected chi connectivity index (χ0v) is 36.5. The molecule has 1 aliphatic heterocycles. The predicted molar refractivity (Wildman–Crippen MR) is 265 cm³/mol. The van der Waals surface area contributed by atoms with Crippen LogP contribution in [-0.4, -0.2) is 23.5 Å². The first-order chi connectivity index (χ1) is 30.7. The van der Waals surface area contributed by atoms with Crippen LogP contribution in [0, 0.1) is 0 Å². The van der Waals surface area contributed by atoms with Gasteiger partial charge in [0, 0.05) is 39.6 Å². The number of benzene rings is 9. The molecule has 11 rings (SSSR count). The lowest BCUT2D eigenvalue weighted by atomic mass is 10.0. The van der Waals surface area contributed by atoms with Gasteiger partial charge >= 0.3 is 15.6 Å². The molecule has 0 bridgehead atoms. The summed E-state index contributed by atoms with van der Waals surface area (Å²) in [5.41, 5.74) is 10.4. The van der Waals surface area contributed by atoms with Gasteiger partial charge < -0.3 is 18.2 Å². The molecular formula is C54H42AlBN4OP+. The van der Waals surface area contributed by atoms with E-state index in [-0.39, 0.29) is 15.6 Å². The lowest BCUT2D eigenvalue weighted by Crippen LogP contribution is -2.42. The molecule has 0 N–H and O–H groups in total. The van der Waals surface area contributed by atoms with E-state index in [1.807, 2.05) is 0 Å². The number of para-hydroxylation sites is 3. The van der Waals surface area contributed by atoms with E-state index in [9.17, 15) is 0 Å². The summed E-state index contributed by atoms with van der Waals surface area (Å²) < 4.78 is 10.8. The fourth-order valence-corrected chi connectivity index (χ4v) is 9.40. The third-order valence-corrected chi connectivity index (χ3v) is 12.3. The molecule has 1 aromatic heterocycles. The minimum absolute atomic E-state index is 0.380. The highest BCUT2D eigenvalue weighted by Gasteiger charge is 2.22. The highest BCUT2D eigenvalue weighted by Crippen LogP contribution is 2.41. The molecule has 0 aliphatic carbocycles. The van der Waals surface area contributed by atoms with Gasteiger partial charge in [0.2, 0.25) is 5.52 Å². The molecule has 8 heteroatoms. The molecule has 2 heterocycles. The van der Waals surface area contributed by atoms with Crippen LogP contribution < -0.4 is 18.2 Å². The molecule has 0 amide bonds. The number of rotatable bonds is 7. The smallest absolute Gasteiger partial charge is 0.607 e. The Morgan fingerprint density at radius 2 is 0.855 bits per heavy atom. The maximum atomic E-state index is 5.71. The molecule has 0 unspecified atom stereocenters. The normalized spacial score (nSPS) is 11.2. The SMILES string of the molecule is [B]N=P.c1cc2c3c(c1)ccc[n+]3[CH2][AlH][O]2.c1ccc(N(c2ccc(-c3ccc(N(c4ccccc4)c4cccc5ccccc45)cc3)cc2)c2cccc3ccccc23)cc1. The molecule has 0 atom stereocenters. The van der Waals surface area contributed by atoms with Crippen molar-refractivity contribution in [3.8, 4) is 16.9 Å². The van der Waals surface area contributed by atoms with Gasteiger partial charge in [0.05, 0.1) is 16.8 Å². The van der Waals surface area contributed by atoms with Crippen molar-refractivity contribution in [2.75, 3.05) is 9.80 Å². The molecule has 9 aromatic carbocycles. The summed E-state index contributed by atoms with van der Waals surface area (Å²) in [7, 11) is 6.97. The Bertz CT molecular complexity index is 2890. The van der Waals surface area contributed by atoms with Crippen molar-refractivity contribution < 1.29 is 8.36 Å². The van der Waals surface area contributed by atoms with E-state index in [2.05, 4.69) is 267 Å². The van der Waals surface area contributed by atoms with Crippen LogP contribution in [0.4, 0.5) is 34.1 Å². The van der Waals surface area contributed by atoms with Crippen LogP contribution in [-0.2, 0) is 5.41 Å². The number of hydrogen-bond acceptors (Lipinski definition) is 4. The first kappa shape index (κ1) is 40.4. The highest BCUT2D eigenvalue weighted by atomic mass is 31.0. The van der Waals surface area contributed by atoms with Gasteiger partial charge in [-0.15, -0.1) is 0 Å². The van der Waals surface area contributed by atoms with Crippen LogP contribution in [0.3, 0.4) is 0 Å². The summed E-state index contributed by atoms with van der Waals surface area (Å²) in [6.07, 6.45) is 2.14. The minimum atomic E-state index is -0.380. The van der Waals surface area contributed by atoms with Crippen LogP contribution in [0.2, 0.25) is 0 Å². The Hall–Kier alpha value is -6.99. The largest absolute Gasteiger partial charge is 0.637 e. The van der Waals surface area contributed by atoms with Gasteiger partial charge in [0.1, 0.15) is 5.41 Å². The predicted octanol–water partition coefficient (Wildman–Crippen LogP) is 13.8. The third kappa shape index (κ3) is 8.61. The van der Waals surface area contributed by atoms with Crippen LogP contribution in [0.25, 0.3) is 43.6 Å². The molecule has 62 heavy (non-hydrogen) atoms. The first-order valence-electron chi connectivity index (χ1n) is 20.7. The van der Waals surface area contributed by atoms with E-state index in [4.69, 9.17) is 3.79 Å². The molecular weight excluding hydrogens is 789 g/mol. The molecule has 294 valence electrons. The van der Waals surface area contributed by atoms with E-state index >= 15 is 0 Å². The molecule has 0 saturated carbocycles. The van der Waals surface area contributed by atoms with Gasteiger partial charge in [-0.3, -0.25) is 0 Å². The Kier molecular flexibility index (Phi) is 12.5. The van der Waals surface area contributed by atoms with Gasteiger partial charge in [0.25, 0.3) is 7.98 Å². The van der Waals surface area contributed by atoms with Crippen LogP contribution in [0.1, 0.15) is 0 Å². The van der Waals surface area contributed by atoms with Gasteiger partial charge in [-0.2, -0.15) is 0 Å². The average Bonchev–Trinajstić information content (AvgIpc) is 3.34. The van der Waals surface area contributed by atoms with Crippen molar-refractivity contribution in [3.63, 3.8) is 0 Å². The van der Waals surface area contributed by atoms with E-state index in [1.54, 1.807) is 0 Å². The average molecular weight is 832 g/mol. The Morgan fingerprint density at radius 3 is 1.37 bits per heavy atom. The summed E-state index contributed by atoms with van der Waals surface area (Å²) in [5, 5.41) is 7.27. The van der Waals surface area contributed by atoms with Crippen LogP contribution >= 0.6 is 9.03 Å². The molecule has 2 radical (unpaired) electrons. The number of nitrogens with zero attached hydrogens (tertiary/aromatic N) is 4. The van der Waals surface area contributed by atoms with Crippen molar-refractivity contribution in [2.45, 2.75) is 5.41 Å². The van der Waals surface area contributed by atoms with Crippen LogP contribution in [0.15, 0.2) is 235 Å². The van der Waals surface area contributed by atoms with Crippen molar-refractivity contribution in [1.82, 2.24) is 0 Å². The molecule has 5 nitrogen and oxygen atoms in total. The maximum absolute atomic E-state index is 5.71. The second-order valence-electron chi connectivity index (χ2n) is 14.8. The first-order valence-corrected chi connectivity index (χ1v) is 22.7. The number of aromatic nitrogens is 1. The van der Waals surface area contributed by atoms with Gasteiger partial charge in [0.15, 0.2) is 11.9 Å². The quantitative estimate of drug-likeness (QED) is 0.0911. The Balaban J connectivity index is 0.000000256. The zero-order valence-electron chi connectivity index (χ0n) is 34.1. The number of fused-ring (bicyclic) bond motifs is 2. The van der Waals surface area contributed by atoms with E-state index < -0.39 is 0 Å². The molecule has 1 aliphatic rings. The van der Waals surface area contributed by atoms with Crippen molar-refractivity contribution in [2.24, 2.45) is 4.66 Å². The second kappa shape index (κ2) is 19.2. The molecule has 10 aromatic rings. The number of pyridine rings is 1. The van der Waals surface area contributed by atoms with Crippen molar-refractivity contribution >= 4 is 99.1 Å². The maximum Gasteiger partial charge on any atom is 0.607 e. The van der Waals surface area contributed by atoms with E-state index in [1.165, 1.54) is 43.6 Å². The number of hydrogen-bond donors (Lipinski definition) is 0. The van der Waals surface area contributed by atoms with Crippen molar-refractivity contribution in [3.05, 3.63) is 231 Å². The van der Waals surface area contributed by atoms with Crippen LogP contribution in [0.5, 0.6) is 5.75 Å². The summed E-state index contributed by atoms with van der Waals surface area (Å²) in [5.74, 6) is 1.07. The lowest BCUT2D eigenvalue weighted by Gasteiger charge is -2.27. The van der Waals surface area contributed by atoms with Crippen molar-refractivity contribution in [1.29, 1.82) is 0 Å². The molecule has 0 fully saturated rings. The summed E-state index contributed by atoms with van der Waals surface area (Å²) in [4.78, 5) is 4.69. The van der Waals surface area contributed by atoms with Gasteiger partial charge in [-0.05, 0) is 110 Å². The zero-order chi connectivity index (χ0) is 42.1. The monoisotopic (exact) mass is 831 g/mol. The fraction of sp³-hybridized carbons (Fsp3) is 0.0185. The number of anilines is 6. The van der Waals surface area contributed by atoms with Gasteiger partial charge in [-0.1, -0.05) is 140 Å². The lowest BCUT2D eigenvalue weighted by molar-refractivity contribution is -0.655. The van der Waals surface area contributed by atoms with E-state index in [0.717, 1.165) is 45.3 Å². The molecule has 0 saturated heterocycles. The van der Waals surface area contributed by atoms with Gasteiger partial charge in [-0.25, -0.2) is 4.57 Å². The summed E-state index contributed by atoms with van der Waals surface area (Å²) in [6, 6.07) is 79.7. The minimum Gasteiger partial charge on any atom is -0.637 e. The standard InChI is InChI=1S/C44H32N2.C10H9NO.Al.BHNP.H/c1-3-17-37(18-4-1)45(43-23-11-15-35-13-7-9-21-41(35)43)39-29-25-33(26-30-39)34-27-31-40(32-28-34)46(38-19-5-2-6-20-38)44-24-12-16-36-14-8-10-22-42(36)44;1-11-7-3-5-8-4-2-6-9(12)10(8)11;;1-2-3;/h1-32H;2-7,12H,1H2;;3H;/q;2*+1;;/p-1. The highest BCUT2D eigenvalue weighted by molar-refractivity contribution is 7.05. The second-order valence-corrected chi connectivity index (χ2v) is 16.2. The Morgan fingerprint density at radius 1 is 0.452 bits per heavy atom. The molecule has 0 spiro atoms. The summed E-state index contributed by atoms with van der Waals surface area (Å²) >= 11 is -0.380. The van der Waals surface area contributed by atoms with E-state index in [0.29, 0.717) is 0 Å². The Labute approximate surface area is 372 Å².